The van der Waals surface area contributed by atoms with E-state index in [0.717, 1.165) is 32.5 Å². The van der Waals surface area contributed by atoms with Crippen LogP contribution in [0.2, 0.25) is 0 Å². The Morgan fingerprint density at radius 3 is 2.70 bits per heavy atom. The number of halogens is 1. The highest BCUT2D eigenvalue weighted by atomic mass is 79.9. The molecule has 3 nitrogen and oxygen atoms in total. The number of fused-ring (bicyclic) bond motifs is 1. The second-order valence-electron chi connectivity index (χ2n) is 5.00. The van der Waals surface area contributed by atoms with Gasteiger partial charge in [-0.25, -0.2) is 4.98 Å². The van der Waals surface area contributed by atoms with Crippen LogP contribution < -0.4 is 5.73 Å². The number of nitrogens with two attached hydrogens (primary N) is 1. The Bertz CT molecular complexity index is 790. The number of aromatic nitrogens is 2. The molecule has 0 radical (unpaired) electrons. The minimum atomic E-state index is 0.546. The summed E-state index contributed by atoms with van der Waals surface area (Å²) >= 11 is 3.63. The zero-order chi connectivity index (χ0) is 14.3. The molecule has 0 aliphatic heterocycles. The van der Waals surface area contributed by atoms with Gasteiger partial charge in [0, 0.05) is 23.6 Å². The number of benzene rings is 2. The van der Waals surface area contributed by atoms with Gasteiger partial charge in [0.25, 0.3) is 0 Å². The van der Waals surface area contributed by atoms with Gasteiger partial charge in [-0.3, -0.25) is 0 Å². The van der Waals surface area contributed by atoms with Gasteiger partial charge >= 0.3 is 0 Å². The van der Waals surface area contributed by atoms with E-state index in [9.17, 15) is 0 Å². The molecule has 20 heavy (non-hydrogen) atoms. The number of nitrogens with zero attached hydrogens (tertiary/aromatic N) is 2. The van der Waals surface area contributed by atoms with Crippen molar-refractivity contribution in [3.63, 3.8) is 0 Å². The van der Waals surface area contributed by atoms with Gasteiger partial charge in [0.2, 0.25) is 0 Å². The maximum atomic E-state index is 5.71. The number of imidazole rings is 1. The standard InChI is InChI=1S/C16H16BrN3/c1-10-3-5-12(13(17)7-10)16-19-14-6-4-11(9-18)8-15(14)20(16)2/h3-8H,9,18H2,1-2H3. The van der Waals surface area contributed by atoms with Gasteiger partial charge in [-0.1, -0.05) is 28.1 Å². The Balaban J connectivity index is 2.24. The summed E-state index contributed by atoms with van der Waals surface area (Å²) in [6, 6.07) is 12.5. The zero-order valence-electron chi connectivity index (χ0n) is 11.5. The molecule has 3 aromatic rings. The molecule has 0 spiro atoms. The average Bonchev–Trinajstić information content (AvgIpc) is 2.76. The van der Waals surface area contributed by atoms with E-state index < -0.39 is 0 Å². The molecule has 0 bridgehead atoms. The van der Waals surface area contributed by atoms with Crippen LogP contribution in [0.25, 0.3) is 22.4 Å². The molecule has 4 heteroatoms. The fourth-order valence-electron chi connectivity index (χ4n) is 2.40. The molecular formula is C16H16BrN3. The third kappa shape index (κ3) is 2.15. The molecule has 0 atom stereocenters. The van der Waals surface area contributed by atoms with Crippen molar-refractivity contribution in [3.8, 4) is 11.4 Å². The Morgan fingerprint density at radius 1 is 1.20 bits per heavy atom. The first-order valence-corrected chi connectivity index (χ1v) is 7.31. The number of hydrogen-bond acceptors (Lipinski definition) is 2. The Labute approximate surface area is 126 Å². The summed E-state index contributed by atoms with van der Waals surface area (Å²) in [5, 5.41) is 0. The Morgan fingerprint density at radius 2 is 2.00 bits per heavy atom. The van der Waals surface area contributed by atoms with E-state index >= 15 is 0 Å². The van der Waals surface area contributed by atoms with Crippen LogP contribution in [0.3, 0.4) is 0 Å². The minimum absolute atomic E-state index is 0.546. The van der Waals surface area contributed by atoms with Crippen molar-refractivity contribution in [1.29, 1.82) is 0 Å². The van der Waals surface area contributed by atoms with Crippen LogP contribution in [0.15, 0.2) is 40.9 Å². The van der Waals surface area contributed by atoms with Gasteiger partial charge in [-0.05, 0) is 42.3 Å². The lowest BCUT2D eigenvalue weighted by atomic mass is 10.1. The van der Waals surface area contributed by atoms with Crippen LogP contribution in [-0.4, -0.2) is 9.55 Å². The lowest BCUT2D eigenvalue weighted by molar-refractivity contribution is 0.955. The average molecular weight is 330 g/mol. The predicted molar refractivity (Wildman–Crippen MR) is 86.5 cm³/mol. The quantitative estimate of drug-likeness (QED) is 0.777. The second kappa shape index (κ2) is 5.04. The van der Waals surface area contributed by atoms with Gasteiger partial charge in [0.15, 0.2) is 0 Å². The van der Waals surface area contributed by atoms with E-state index in [0.29, 0.717) is 6.54 Å². The highest BCUT2D eigenvalue weighted by Gasteiger charge is 2.12. The largest absolute Gasteiger partial charge is 0.327 e. The molecule has 0 amide bonds. The molecule has 1 aromatic heterocycles. The summed E-state index contributed by atoms with van der Waals surface area (Å²) in [6.45, 7) is 2.63. The van der Waals surface area contributed by atoms with Crippen molar-refractivity contribution in [1.82, 2.24) is 9.55 Å². The molecule has 3 rings (SSSR count). The van der Waals surface area contributed by atoms with Crippen LogP contribution >= 0.6 is 15.9 Å². The van der Waals surface area contributed by atoms with Gasteiger partial charge in [0.05, 0.1) is 11.0 Å². The highest BCUT2D eigenvalue weighted by molar-refractivity contribution is 9.10. The third-order valence-corrected chi connectivity index (χ3v) is 4.20. The lowest BCUT2D eigenvalue weighted by Crippen LogP contribution is -1.97. The molecule has 0 aliphatic carbocycles. The fraction of sp³-hybridized carbons (Fsp3) is 0.188. The molecule has 1 heterocycles. The maximum absolute atomic E-state index is 5.71. The van der Waals surface area contributed by atoms with E-state index in [1.165, 1.54) is 5.56 Å². The molecule has 0 saturated heterocycles. The maximum Gasteiger partial charge on any atom is 0.142 e. The molecule has 102 valence electrons. The Kier molecular flexibility index (Phi) is 3.36. The van der Waals surface area contributed by atoms with Crippen LogP contribution in [0, 0.1) is 6.92 Å². The van der Waals surface area contributed by atoms with E-state index in [4.69, 9.17) is 10.7 Å². The number of hydrogen-bond donors (Lipinski definition) is 1. The monoisotopic (exact) mass is 329 g/mol. The van der Waals surface area contributed by atoms with Crippen LogP contribution in [0.4, 0.5) is 0 Å². The lowest BCUT2D eigenvalue weighted by Gasteiger charge is -2.06. The summed E-state index contributed by atoms with van der Waals surface area (Å²) in [5.41, 5.74) is 11.3. The third-order valence-electron chi connectivity index (χ3n) is 3.55. The summed E-state index contributed by atoms with van der Waals surface area (Å²) in [6.07, 6.45) is 0. The first kappa shape index (κ1) is 13.3. The summed E-state index contributed by atoms with van der Waals surface area (Å²) in [4.78, 5) is 4.74. The van der Waals surface area contributed by atoms with Crippen LogP contribution in [0.5, 0.6) is 0 Å². The van der Waals surface area contributed by atoms with E-state index in [2.05, 4.69) is 51.7 Å². The smallest absolute Gasteiger partial charge is 0.142 e. The summed E-state index contributed by atoms with van der Waals surface area (Å²) < 4.78 is 3.18. The molecular weight excluding hydrogens is 314 g/mol. The highest BCUT2D eigenvalue weighted by Crippen LogP contribution is 2.30. The van der Waals surface area contributed by atoms with Gasteiger partial charge in [-0.15, -0.1) is 0 Å². The molecule has 0 unspecified atom stereocenters. The fourth-order valence-corrected chi connectivity index (χ4v) is 3.08. The molecule has 2 N–H and O–H groups in total. The summed E-state index contributed by atoms with van der Waals surface area (Å²) in [5.74, 6) is 0.959. The Hall–Kier alpha value is -1.65. The van der Waals surface area contributed by atoms with Crippen LogP contribution in [-0.2, 0) is 13.6 Å². The minimum Gasteiger partial charge on any atom is -0.327 e. The number of aryl methyl sites for hydroxylation is 2. The van der Waals surface area contributed by atoms with Crippen molar-refractivity contribution in [2.75, 3.05) is 0 Å². The second-order valence-corrected chi connectivity index (χ2v) is 5.86. The normalized spacial score (nSPS) is 11.2. The van der Waals surface area contributed by atoms with Crippen molar-refractivity contribution >= 4 is 27.0 Å². The van der Waals surface area contributed by atoms with Crippen molar-refractivity contribution < 1.29 is 0 Å². The van der Waals surface area contributed by atoms with E-state index in [1.807, 2.05) is 19.2 Å². The first-order valence-electron chi connectivity index (χ1n) is 6.52. The van der Waals surface area contributed by atoms with Crippen molar-refractivity contribution in [2.24, 2.45) is 12.8 Å². The molecule has 2 aromatic carbocycles. The van der Waals surface area contributed by atoms with Crippen molar-refractivity contribution in [3.05, 3.63) is 52.0 Å². The zero-order valence-corrected chi connectivity index (χ0v) is 13.1. The molecule has 0 aliphatic rings. The van der Waals surface area contributed by atoms with E-state index in [-0.39, 0.29) is 0 Å². The van der Waals surface area contributed by atoms with Gasteiger partial charge < -0.3 is 10.3 Å². The van der Waals surface area contributed by atoms with Crippen molar-refractivity contribution in [2.45, 2.75) is 13.5 Å². The topological polar surface area (TPSA) is 43.8 Å². The summed E-state index contributed by atoms with van der Waals surface area (Å²) in [7, 11) is 2.04. The van der Waals surface area contributed by atoms with E-state index in [1.54, 1.807) is 0 Å². The number of rotatable bonds is 2. The molecule has 0 fully saturated rings. The van der Waals surface area contributed by atoms with Crippen LogP contribution in [0.1, 0.15) is 11.1 Å². The van der Waals surface area contributed by atoms with Gasteiger partial charge in [0.1, 0.15) is 5.82 Å². The SMILES string of the molecule is Cc1ccc(-c2nc3ccc(CN)cc3n2C)c(Br)c1. The molecule has 0 saturated carbocycles. The first-order chi connectivity index (χ1) is 9.60. The predicted octanol–water partition coefficient (Wildman–Crippen LogP) is 3.77. The van der Waals surface area contributed by atoms with Gasteiger partial charge in [-0.2, -0.15) is 0 Å².